The molecule has 2 heterocycles. The van der Waals surface area contributed by atoms with Gasteiger partial charge in [0.2, 0.25) is 0 Å². The third-order valence-electron chi connectivity index (χ3n) is 2.61. The van der Waals surface area contributed by atoms with Gasteiger partial charge in [-0.3, -0.25) is 4.79 Å². The zero-order chi connectivity index (χ0) is 14.7. The van der Waals surface area contributed by atoms with Gasteiger partial charge >= 0.3 is 0 Å². The van der Waals surface area contributed by atoms with Crippen molar-refractivity contribution in [3.63, 3.8) is 0 Å². The second-order valence-corrected chi connectivity index (χ2v) is 5.82. The lowest BCUT2D eigenvalue weighted by Gasteiger charge is -2.15. The van der Waals surface area contributed by atoms with Crippen molar-refractivity contribution >= 4 is 28.2 Å². The molecule has 0 aliphatic rings. The highest BCUT2D eigenvalue weighted by atomic mass is 32.1. The number of hydrogen-bond donors (Lipinski definition) is 2. The zero-order valence-corrected chi connectivity index (χ0v) is 12.5. The van der Waals surface area contributed by atoms with Crippen LogP contribution in [0.15, 0.2) is 23.0 Å². The molecule has 0 aromatic carbocycles. The zero-order valence-electron chi connectivity index (χ0n) is 11.7. The molecular formula is C13H18N4O2S. The lowest BCUT2D eigenvalue weighted by Crippen LogP contribution is -2.25. The van der Waals surface area contributed by atoms with Crippen LogP contribution in [-0.2, 0) is 6.54 Å². The maximum absolute atomic E-state index is 12.3. The Balaban J connectivity index is 2.10. The number of furan rings is 1. The van der Waals surface area contributed by atoms with E-state index in [0.717, 1.165) is 5.56 Å². The Labute approximate surface area is 121 Å². The molecule has 0 fully saturated rings. The number of nitrogens with zero attached hydrogens (tertiary/aromatic N) is 2. The Hall–Kier alpha value is -2.02. The fraction of sp³-hybridized carbons (Fsp3) is 0.385. The number of thiazole rings is 1. The first-order valence-electron chi connectivity index (χ1n) is 6.26. The van der Waals surface area contributed by atoms with Gasteiger partial charge in [-0.2, -0.15) is 0 Å². The summed E-state index contributed by atoms with van der Waals surface area (Å²) in [5.74, 6) is 0.125. The van der Waals surface area contributed by atoms with Gasteiger partial charge in [-0.1, -0.05) is 11.3 Å². The number of nitrogens with one attached hydrogen (secondary N) is 1. The summed E-state index contributed by atoms with van der Waals surface area (Å²) >= 11 is 1.28. The first-order chi connectivity index (χ1) is 9.47. The number of nitrogen functional groups attached to an aromatic ring is 1. The first-order valence-corrected chi connectivity index (χ1v) is 7.08. The van der Waals surface area contributed by atoms with Crippen LogP contribution in [0.2, 0.25) is 0 Å². The maximum atomic E-state index is 12.3. The topological polar surface area (TPSA) is 84.4 Å². The number of rotatable bonds is 5. The molecule has 20 heavy (non-hydrogen) atoms. The van der Waals surface area contributed by atoms with Crippen LogP contribution in [0.5, 0.6) is 0 Å². The number of carbonyl (C=O) groups is 1. The van der Waals surface area contributed by atoms with Crippen LogP contribution in [0.3, 0.4) is 0 Å². The van der Waals surface area contributed by atoms with Crippen LogP contribution in [0.4, 0.5) is 10.9 Å². The number of aromatic nitrogens is 1. The van der Waals surface area contributed by atoms with Crippen molar-refractivity contribution < 1.29 is 9.21 Å². The normalized spacial score (nSPS) is 10.8. The van der Waals surface area contributed by atoms with Crippen LogP contribution in [0.25, 0.3) is 0 Å². The van der Waals surface area contributed by atoms with Gasteiger partial charge in [0.25, 0.3) is 5.91 Å². The molecule has 0 saturated carbocycles. The Morgan fingerprint density at radius 2 is 2.35 bits per heavy atom. The Kier molecular flexibility index (Phi) is 4.29. The molecule has 0 radical (unpaired) electrons. The van der Waals surface area contributed by atoms with Crippen molar-refractivity contribution in [2.75, 3.05) is 18.1 Å². The van der Waals surface area contributed by atoms with Gasteiger partial charge in [0.05, 0.1) is 12.5 Å². The third kappa shape index (κ3) is 3.30. The minimum Gasteiger partial charge on any atom is -0.472 e. The molecule has 108 valence electrons. The van der Waals surface area contributed by atoms with E-state index in [1.54, 1.807) is 24.5 Å². The molecule has 6 nitrogen and oxygen atoms in total. The van der Waals surface area contributed by atoms with E-state index in [4.69, 9.17) is 10.2 Å². The van der Waals surface area contributed by atoms with Crippen LogP contribution in [0, 0.1) is 0 Å². The standard InChI is InChI=1S/C13H18N4O2S/c1-8(2)15-13-16-11(14)10(20-13)12(18)17(3)6-9-4-5-19-7-9/h4-5,7-8H,6,14H2,1-3H3,(H,15,16). The summed E-state index contributed by atoms with van der Waals surface area (Å²) in [4.78, 5) is 18.6. The lowest BCUT2D eigenvalue weighted by atomic mass is 10.3. The largest absolute Gasteiger partial charge is 0.472 e. The summed E-state index contributed by atoms with van der Waals surface area (Å²) in [6, 6.07) is 2.07. The van der Waals surface area contributed by atoms with E-state index in [-0.39, 0.29) is 17.8 Å². The summed E-state index contributed by atoms with van der Waals surface area (Å²) in [6.07, 6.45) is 3.20. The number of nitrogens with two attached hydrogens (primary N) is 1. The van der Waals surface area contributed by atoms with Crippen LogP contribution in [0.1, 0.15) is 29.1 Å². The molecule has 0 saturated heterocycles. The number of amides is 1. The van der Waals surface area contributed by atoms with Crippen LogP contribution < -0.4 is 11.1 Å². The van der Waals surface area contributed by atoms with Crippen LogP contribution in [-0.4, -0.2) is 28.9 Å². The minimum atomic E-state index is -0.141. The second-order valence-electron chi connectivity index (χ2n) is 4.83. The third-order valence-corrected chi connectivity index (χ3v) is 3.60. The number of hydrogen-bond acceptors (Lipinski definition) is 6. The Morgan fingerprint density at radius 1 is 1.60 bits per heavy atom. The van der Waals surface area contributed by atoms with Crippen molar-refractivity contribution in [2.24, 2.45) is 0 Å². The molecule has 0 atom stereocenters. The molecule has 1 amide bonds. The molecule has 2 rings (SSSR count). The summed E-state index contributed by atoms with van der Waals surface area (Å²) < 4.78 is 4.99. The molecule has 0 spiro atoms. The molecule has 0 aliphatic carbocycles. The Morgan fingerprint density at radius 3 is 2.95 bits per heavy atom. The first kappa shape index (κ1) is 14.4. The van der Waals surface area contributed by atoms with E-state index in [0.29, 0.717) is 16.6 Å². The molecule has 2 aromatic rings. The fourth-order valence-corrected chi connectivity index (χ4v) is 2.72. The van der Waals surface area contributed by atoms with Gasteiger partial charge in [0.15, 0.2) is 5.13 Å². The van der Waals surface area contributed by atoms with Crippen molar-refractivity contribution in [1.82, 2.24) is 9.88 Å². The maximum Gasteiger partial charge on any atom is 0.267 e. The second kappa shape index (κ2) is 5.96. The van der Waals surface area contributed by atoms with Gasteiger partial charge in [-0.05, 0) is 19.9 Å². The van der Waals surface area contributed by atoms with Crippen molar-refractivity contribution in [3.8, 4) is 0 Å². The minimum absolute atomic E-state index is 0.141. The van der Waals surface area contributed by atoms with Crippen LogP contribution >= 0.6 is 11.3 Å². The average Bonchev–Trinajstić information content (AvgIpc) is 2.97. The van der Waals surface area contributed by atoms with Gasteiger partial charge in [0.1, 0.15) is 10.7 Å². The summed E-state index contributed by atoms with van der Waals surface area (Å²) in [7, 11) is 1.73. The average molecular weight is 294 g/mol. The number of anilines is 2. The molecule has 2 aromatic heterocycles. The summed E-state index contributed by atoms with van der Waals surface area (Å²) in [5, 5.41) is 3.81. The van der Waals surface area contributed by atoms with E-state index in [2.05, 4.69) is 10.3 Å². The van der Waals surface area contributed by atoms with Crippen molar-refractivity contribution in [1.29, 1.82) is 0 Å². The van der Waals surface area contributed by atoms with E-state index in [1.165, 1.54) is 11.3 Å². The molecule has 0 bridgehead atoms. The molecule has 0 aliphatic heterocycles. The summed E-state index contributed by atoms with van der Waals surface area (Å²) in [5.41, 5.74) is 6.76. The van der Waals surface area contributed by atoms with Crippen molar-refractivity contribution in [2.45, 2.75) is 26.4 Å². The molecule has 7 heteroatoms. The van der Waals surface area contributed by atoms with Gasteiger partial charge in [0, 0.05) is 25.2 Å². The smallest absolute Gasteiger partial charge is 0.267 e. The monoisotopic (exact) mass is 294 g/mol. The van der Waals surface area contributed by atoms with Crippen molar-refractivity contribution in [3.05, 3.63) is 29.0 Å². The van der Waals surface area contributed by atoms with E-state index >= 15 is 0 Å². The molecule has 3 N–H and O–H groups in total. The van der Waals surface area contributed by atoms with Gasteiger partial charge in [-0.15, -0.1) is 0 Å². The highest BCUT2D eigenvalue weighted by Crippen LogP contribution is 2.27. The van der Waals surface area contributed by atoms with E-state index < -0.39 is 0 Å². The molecule has 0 unspecified atom stereocenters. The summed E-state index contributed by atoms with van der Waals surface area (Å²) in [6.45, 7) is 4.48. The predicted molar refractivity (Wildman–Crippen MR) is 79.8 cm³/mol. The van der Waals surface area contributed by atoms with Gasteiger partial charge < -0.3 is 20.4 Å². The SMILES string of the molecule is CC(C)Nc1nc(N)c(C(=O)N(C)Cc2ccoc2)s1. The molecular weight excluding hydrogens is 276 g/mol. The van der Waals surface area contributed by atoms with E-state index in [9.17, 15) is 4.79 Å². The number of carbonyl (C=O) groups excluding carboxylic acids is 1. The highest BCUT2D eigenvalue weighted by Gasteiger charge is 2.20. The van der Waals surface area contributed by atoms with E-state index in [1.807, 2.05) is 19.9 Å². The quantitative estimate of drug-likeness (QED) is 0.884. The highest BCUT2D eigenvalue weighted by molar-refractivity contribution is 7.18. The van der Waals surface area contributed by atoms with Gasteiger partial charge in [-0.25, -0.2) is 4.98 Å². The fourth-order valence-electron chi connectivity index (χ4n) is 1.70. The Bertz CT molecular complexity index is 577. The predicted octanol–water partition coefficient (Wildman–Crippen LogP) is 2.41. The lowest BCUT2D eigenvalue weighted by molar-refractivity contribution is 0.0790.